The van der Waals surface area contributed by atoms with Gasteiger partial charge in [-0.05, 0) is 42.8 Å². The molecule has 1 atom stereocenters. The zero-order valence-corrected chi connectivity index (χ0v) is 20.0. The summed E-state index contributed by atoms with van der Waals surface area (Å²) in [6.45, 7) is 2.68. The number of hydrogen-bond donors (Lipinski definition) is 1. The average Bonchev–Trinajstić information content (AvgIpc) is 3.30. The van der Waals surface area contributed by atoms with Crippen LogP contribution in [0.2, 0.25) is 0 Å². The Kier molecular flexibility index (Phi) is 7.43. The third-order valence-corrected chi connectivity index (χ3v) is 6.10. The molecule has 4 rings (SSSR count). The lowest BCUT2D eigenvalue weighted by Gasteiger charge is -2.39. The van der Waals surface area contributed by atoms with E-state index < -0.39 is 41.2 Å². The highest BCUT2D eigenvalue weighted by atomic mass is 32.1. The highest BCUT2D eigenvalue weighted by Crippen LogP contribution is 2.37. The number of aromatic nitrogens is 3. The van der Waals surface area contributed by atoms with Gasteiger partial charge in [0.05, 0.1) is 22.9 Å². The standard InChI is InChI=1S/C22H20F6N6O2S/c1-13-11-33(18-19(32-37-31-18)36-12-14-2-4-29-5-3-14)6-7-34(13)20(35)30-17-9-15(21(23,24)25)8-16(10-17)22(26,27)28/h2-5,8-10,13H,6-7,11-12H2,1H3,(H,30,35). The molecule has 0 saturated carbocycles. The van der Waals surface area contributed by atoms with Gasteiger partial charge in [0, 0.05) is 43.8 Å². The van der Waals surface area contributed by atoms with Crippen LogP contribution in [0.25, 0.3) is 0 Å². The summed E-state index contributed by atoms with van der Waals surface area (Å²) in [6, 6.07) is 3.28. The molecule has 15 heteroatoms. The minimum atomic E-state index is -5.02. The van der Waals surface area contributed by atoms with Crippen molar-refractivity contribution in [3.8, 4) is 5.88 Å². The summed E-state index contributed by atoms with van der Waals surface area (Å²) in [7, 11) is 0. The number of amides is 2. The van der Waals surface area contributed by atoms with Gasteiger partial charge in [0.1, 0.15) is 6.61 Å². The number of benzene rings is 1. The van der Waals surface area contributed by atoms with E-state index >= 15 is 0 Å². The van der Waals surface area contributed by atoms with Crippen molar-refractivity contribution >= 4 is 29.3 Å². The van der Waals surface area contributed by atoms with Crippen molar-refractivity contribution in [1.29, 1.82) is 0 Å². The fraction of sp³-hybridized carbons (Fsp3) is 0.364. The van der Waals surface area contributed by atoms with Gasteiger partial charge >= 0.3 is 18.4 Å². The van der Waals surface area contributed by atoms with Crippen LogP contribution >= 0.6 is 11.7 Å². The molecule has 1 aliphatic rings. The summed E-state index contributed by atoms with van der Waals surface area (Å²) in [5, 5.41) is 2.18. The lowest BCUT2D eigenvalue weighted by Crippen LogP contribution is -2.55. The van der Waals surface area contributed by atoms with Crippen LogP contribution in [-0.4, -0.2) is 50.3 Å². The molecule has 8 nitrogen and oxygen atoms in total. The van der Waals surface area contributed by atoms with Crippen LogP contribution in [0.1, 0.15) is 23.6 Å². The molecule has 0 spiro atoms. The lowest BCUT2D eigenvalue weighted by atomic mass is 10.1. The highest BCUT2D eigenvalue weighted by molar-refractivity contribution is 6.99. The number of alkyl halides is 6. The second kappa shape index (κ2) is 10.4. The molecule has 1 unspecified atom stereocenters. The summed E-state index contributed by atoms with van der Waals surface area (Å²) < 4.78 is 93.0. The van der Waals surface area contributed by atoms with E-state index in [0.29, 0.717) is 36.9 Å². The van der Waals surface area contributed by atoms with Gasteiger partial charge in [-0.15, -0.1) is 4.37 Å². The molecule has 0 bridgehead atoms. The highest BCUT2D eigenvalue weighted by Gasteiger charge is 2.37. The predicted octanol–water partition coefficient (Wildman–Crippen LogP) is 5.29. The summed E-state index contributed by atoms with van der Waals surface area (Å²) in [5.74, 6) is 0.800. The van der Waals surface area contributed by atoms with Gasteiger partial charge in [0.25, 0.3) is 5.88 Å². The Morgan fingerprint density at radius 1 is 1.05 bits per heavy atom. The van der Waals surface area contributed by atoms with Crippen molar-refractivity contribution in [2.75, 3.05) is 29.9 Å². The predicted molar refractivity (Wildman–Crippen MR) is 122 cm³/mol. The number of halogens is 6. The number of piperazine rings is 1. The Labute approximate surface area is 211 Å². The fourth-order valence-electron chi connectivity index (χ4n) is 3.76. The Morgan fingerprint density at radius 3 is 2.30 bits per heavy atom. The first-order valence-corrected chi connectivity index (χ1v) is 11.6. The Bertz CT molecular complexity index is 1200. The second-order valence-corrected chi connectivity index (χ2v) is 8.78. The number of carbonyl (C=O) groups excluding carboxylic acids is 1. The first kappa shape index (κ1) is 26.4. The fourth-order valence-corrected chi connectivity index (χ4v) is 4.28. The maximum atomic E-state index is 13.1. The summed E-state index contributed by atoms with van der Waals surface area (Å²) in [5.41, 5.74) is -2.74. The van der Waals surface area contributed by atoms with E-state index in [1.807, 2.05) is 4.90 Å². The Hall–Kier alpha value is -3.62. The number of hydrogen-bond acceptors (Lipinski definition) is 7. The monoisotopic (exact) mass is 546 g/mol. The number of rotatable bonds is 5. The molecule has 0 aliphatic carbocycles. The molecule has 37 heavy (non-hydrogen) atoms. The van der Waals surface area contributed by atoms with Crippen LogP contribution in [0.5, 0.6) is 5.88 Å². The maximum absolute atomic E-state index is 13.1. The molecule has 1 aliphatic heterocycles. The zero-order chi connectivity index (χ0) is 26.8. The molecule has 2 amide bonds. The van der Waals surface area contributed by atoms with Gasteiger partial charge in [-0.25, -0.2) is 4.79 Å². The average molecular weight is 546 g/mol. The molecule has 198 valence electrons. The quantitative estimate of drug-likeness (QED) is 0.438. The SMILES string of the molecule is CC1CN(c2nsnc2OCc2ccncc2)CCN1C(=O)Nc1cc(C(F)(F)F)cc(C(F)(F)F)c1. The Morgan fingerprint density at radius 2 is 1.70 bits per heavy atom. The van der Waals surface area contributed by atoms with E-state index in [9.17, 15) is 31.1 Å². The topological polar surface area (TPSA) is 83.5 Å². The third-order valence-electron chi connectivity index (χ3n) is 5.59. The number of ether oxygens (including phenoxy) is 1. The number of nitrogens with one attached hydrogen (secondary N) is 1. The molecule has 0 radical (unpaired) electrons. The number of pyridine rings is 1. The molecular formula is C22H20F6N6O2S. The number of carbonyl (C=O) groups is 1. The lowest BCUT2D eigenvalue weighted by molar-refractivity contribution is -0.143. The van der Waals surface area contributed by atoms with Gasteiger partial charge in [-0.2, -0.15) is 30.7 Å². The molecule has 1 aromatic carbocycles. The molecule has 1 N–H and O–H groups in total. The van der Waals surface area contributed by atoms with E-state index in [1.54, 1.807) is 31.5 Å². The van der Waals surface area contributed by atoms with Crippen molar-refractivity contribution in [1.82, 2.24) is 18.6 Å². The first-order chi connectivity index (χ1) is 17.4. The smallest absolute Gasteiger partial charge is 0.416 e. The van der Waals surface area contributed by atoms with E-state index in [-0.39, 0.29) is 19.2 Å². The van der Waals surface area contributed by atoms with Crippen LogP contribution in [0.3, 0.4) is 0 Å². The van der Waals surface area contributed by atoms with Gasteiger partial charge in [0.15, 0.2) is 0 Å². The third kappa shape index (κ3) is 6.39. The van der Waals surface area contributed by atoms with Gasteiger partial charge in [-0.1, -0.05) is 0 Å². The molecule has 1 saturated heterocycles. The zero-order valence-electron chi connectivity index (χ0n) is 19.2. The molecular weight excluding hydrogens is 526 g/mol. The first-order valence-electron chi connectivity index (χ1n) is 10.9. The maximum Gasteiger partial charge on any atom is 0.416 e. The van der Waals surface area contributed by atoms with E-state index in [0.717, 1.165) is 17.3 Å². The summed E-state index contributed by atoms with van der Waals surface area (Å²) in [6.07, 6.45) is -6.76. The van der Waals surface area contributed by atoms with E-state index in [4.69, 9.17) is 4.74 Å². The van der Waals surface area contributed by atoms with E-state index in [1.165, 1.54) is 4.90 Å². The van der Waals surface area contributed by atoms with Crippen LogP contribution in [0, 0.1) is 0 Å². The van der Waals surface area contributed by atoms with Crippen molar-refractivity contribution in [2.24, 2.45) is 0 Å². The number of anilines is 2. The molecule has 1 fully saturated rings. The second-order valence-electron chi connectivity index (χ2n) is 8.25. The summed E-state index contributed by atoms with van der Waals surface area (Å²) in [4.78, 5) is 19.9. The molecule has 3 heterocycles. The normalized spacial score (nSPS) is 16.6. The van der Waals surface area contributed by atoms with Crippen LogP contribution in [-0.2, 0) is 19.0 Å². The van der Waals surface area contributed by atoms with Gasteiger partial charge < -0.3 is 19.9 Å². The van der Waals surface area contributed by atoms with Crippen LogP contribution in [0.15, 0.2) is 42.7 Å². The number of urea groups is 1. The van der Waals surface area contributed by atoms with E-state index in [2.05, 4.69) is 19.0 Å². The van der Waals surface area contributed by atoms with Crippen LogP contribution in [0.4, 0.5) is 42.6 Å². The van der Waals surface area contributed by atoms with Crippen molar-refractivity contribution in [3.05, 3.63) is 59.4 Å². The van der Waals surface area contributed by atoms with Crippen molar-refractivity contribution in [2.45, 2.75) is 31.9 Å². The van der Waals surface area contributed by atoms with Crippen molar-refractivity contribution < 1.29 is 35.9 Å². The largest absolute Gasteiger partial charge is 0.470 e. The van der Waals surface area contributed by atoms with Gasteiger partial charge in [0.2, 0.25) is 5.82 Å². The van der Waals surface area contributed by atoms with Crippen LogP contribution < -0.4 is 15.0 Å². The number of nitrogens with zero attached hydrogens (tertiary/aromatic N) is 5. The van der Waals surface area contributed by atoms with Crippen molar-refractivity contribution in [3.63, 3.8) is 0 Å². The summed E-state index contributed by atoms with van der Waals surface area (Å²) >= 11 is 0.956. The Balaban J connectivity index is 1.42. The minimum absolute atomic E-state index is 0.00722. The van der Waals surface area contributed by atoms with Gasteiger partial charge in [-0.3, -0.25) is 4.98 Å². The molecule has 2 aromatic heterocycles. The molecule has 3 aromatic rings. The minimum Gasteiger partial charge on any atom is -0.470 e.